The molecule has 0 saturated carbocycles. The summed E-state index contributed by atoms with van der Waals surface area (Å²) in [5.41, 5.74) is 2.97. The number of hydrogen-bond donors (Lipinski definition) is 0. The van der Waals surface area contributed by atoms with Crippen LogP contribution in [0, 0.1) is 13.8 Å². The Hall–Kier alpha value is -2.10. The van der Waals surface area contributed by atoms with Crippen LogP contribution in [0.3, 0.4) is 0 Å². The highest BCUT2D eigenvalue weighted by molar-refractivity contribution is 6.41. The highest BCUT2D eigenvalue weighted by Gasteiger charge is 2.32. The molecule has 1 aromatic carbocycles. The summed E-state index contributed by atoms with van der Waals surface area (Å²) in [5.74, 6) is -0.914. The first-order valence-corrected chi connectivity index (χ1v) is 6.33. The second-order valence-electron chi connectivity index (χ2n) is 4.84. The van der Waals surface area contributed by atoms with Crippen LogP contribution in [0.25, 0.3) is 0 Å². The van der Waals surface area contributed by atoms with Gasteiger partial charge in [0.1, 0.15) is 0 Å². The number of aryl methyl sites for hydroxylation is 2. The van der Waals surface area contributed by atoms with Crippen molar-refractivity contribution in [2.24, 2.45) is 0 Å². The van der Waals surface area contributed by atoms with Crippen molar-refractivity contribution in [3.8, 4) is 0 Å². The first-order chi connectivity index (χ1) is 9.02. The number of amides is 2. The summed E-state index contributed by atoms with van der Waals surface area (Å²) >= 11 is 0. The Morgan fingerprint density at radius 1 is 1.11 bits per heavy atom. The summed E-state index contributed by atoms with van der Waals surface area (Å²) in [7, 11) is 0. The van der Waals surface area contributed by atoms with E-state index in [1.807, 2.05) is 32.0 Å². The van der Waals surface area contributed by atoms with Crippen molar-refractivity contribution in [3.63, 3.8) is 0 Å². The van der Waals surface area contributed by atoms with Gasteiger partial charge >= 0.3 is 11.8 Å². The maximum Gasteiger partial charge on any atom is 0.316 e. The fourth-order valence-electron chi connectivity index (χ4n) is 2.36. The number of carbonyl (C=O) groups is 2. The van der Waals surface area contributed by atoms with Crippen LogP contribution in [0.2, 0.25) is 0 Å². The van der Waals surface area contributed by atoms with Crippen LogP contribution >= 0.6 is 0 Å². The number of benzene rings is 1. The van der Waals surface area contributed by atoms with Gasteiger partial charge in [-0.3, -0.25) is 9.59 Å². The molecule has 19 heavy (non-hydrogen) atoms. The van der Waals surface area contributed by atoms with Gasteiger partial charge in [0.15, 0.2) is 0 Å². The number of hydrogen-bond acceptors (Lipinski definition) is 2. The molecule has 2 rings (SSSR count). The highest BCUT2D eigenvalue weighted by Crippen LogP contribution is 2.21. The van der Waals surface area contributed by atoms with E-state index in [4.69, 9.17) is 0 Å². The van der Waals surface area contributed by atoms with Crippen LogP contribution in [0.4, 0.5) is 5.69 Å². The topological polar surface area (TPSA) is 40.6 Å². The Morgan fingerprint density at radius 3 is 2.32 bits per heavy atom. The third kappa shape index (κ3) is 2.67. The molecule has 0 radical (unpaired) electrons. The van der Waals surface area contributed by atoms with Gasteiger partial charge in [-0.15, -0.1) is 6.58 Å². The van der Waals surface area contributed by atoms with Crippen molar-refractivity contribution in [1.29, 1.82) is 0 Å². The summed E-state index contributed by atoms with van der Waals surface area (Å²) < 4.78 is 0. The van der Waals surface area contributed by atoms with Crippen LogP contribution in [-0.4, -0.2) is 36.3 Å². The predicted molar refractivity (Wildman–Crippen MR) is 75.0 cm³/mol. The van der Waals surface area contributed by atoms with Gasteiger partial charge in [-0.25, -0.2) is 0 Å². The highest BCUT2D eigenvalue weighted by atomic mass is 16.2. The molecule has 0 N–H and O–H groups in total. The molecule has 0 atom stereocenters. The van der Waals surface area contributed by atoms with E-state index in [1.165, 1.54) is 4.90 Å². The molecule has 2 amide bonds. The van der Waals surface area contributed by atoms with Gasteiger partial charge in [0.05, 0.1) is 0 Å². The molecule has 4 nitrogen and oxygen atoms in total. The Bertz CT molecular complexity index is 517. The van der Waals surface area contributed by atoms with E-state index in [-0.39, 0.29) is 0 Å². The van der Waals surface area contributed by atoms with Crippen molar-refractivity contribution in [3.05, 3.63) is 42.0 Å². The minimum Gasteiger partial charge on any atom is -0.329 e. The Morgan fingerprint density at radius 2 is 1.74 bits per heavy atom. The van der Waals surface area contributed by atoms with Crippen LogP contribution in [0.1, 0.15) is 11.1 Å². The number of rotatable bonds is 3. The standard InChI is InChI=1S/C15H18N2O2/c1-4-5-16-6-7-17(15(19)14(16)18)13-9-11(2)8-12(3)10-13/h4,8-10H,1,5-7H2,2-3H3. The summed E-state index contributed by atoms with van der Waals surface area (Å²) in [6.07, 6.45) is 1.64. The monoisotopic (exact) mass is 258 g/mol. The second kappa shape index (κ2) is 5.26. The average Bonchev–Trinajstić information content (AvgIpc) is 2.34. The van der Waals surface area contributed by atoms with Crippen LogP contribution in [-0.2, 0) is 9.59 Å². The zero-order valence-electron chi connectivity index (χ0n) is 11.3. The minimum absolute atomic E-state index is 0.422. The van der Waals surface area contributed by atoms with Gasteiger partial charge in [0.25, 0.3) is 0 Å². The third-order valence-corrected chi connectivity index (χ3v) is 3.18. The summed E-state index contributed by atoms with van der Waals surface area (Å²) in [6, 6.07) is 5.91. The lowest BCUT2D eigenvalue weighted by Crippen LogP contribution is -2.54. The fraction of sp³-hybridized carbons (Fsp3) is 0.333. The van der Waals surface area contributed by atoms with Gasteiger partial charge in [0.2, 0.25) is 0 Å². The average molecular weight is 258 g/mol. The van der Waals surface area contributed by atoms with E-state index >= 15 is 0 Å². The molecular weight excluding hydrogens is 240 g/mol. The molecule has 1 saturated heterocycles. The first kappa shape index (κ1) is 13.3. The van der Waals surface area contributed by atoms with E-state index < -0.39 is 11.8 Å². The molecule has 1 fully saturated rings. The molecule has 1 aromatic rings. The molecule has 0 bridgehead atoms. The molecule has 100 valence electrons. The fourth-order valence-corrected chi connectivity index (χ4v) is 2.36. The van der Waals surface area contributed by atoms with Gasteiger partial charge in [-0.2, -0.15) is 0 Å². The molecule has 0 spiro atoms. The third-order valence-electron chi connectivity index (χ3n) is 3.18. The van der Waals surface area contributed by atoms with E-state index in [2.05, 4.69) is 6.58 Å². The van der Waals surface area contributed by atoms with Gasteiger partial charge in [-0.05, 0) is 37.1 Å². The summed E-state index contributed by atoms with van der Waals surface area (Å²) in [6.45, 7) is 9.06. The molecule has 4 heteroatoms. The SMILES string of the molecule is C=CCN1CCN(c2cc(C)cc(C)c2)C(=O)C1=O. The van der Waals surface area contributed by atoms with Gasteiger partial charge in [0, 0.05) is 25.3 Å². The number of nitrogens with zero attached hydrogens (tertiary/aromatic N) is 2. The maximum absolute atomic E-state index is 12.1. The van der Waals surface area contributed by atoms with Gasteiger partial charge < -0.3 is 9.80 Å². The van der Waals surface area contributed by atoms with E-state index in [0.717, 1.165) is 16.8 Å². The van der Waals surface area contributed by atoms with Crippen molar-refractivity contribution in [2.75, 3.05) is 24.5 Å². The maximum atomic E-state index is 12.1. The normalized spacial score (nSPS) is 15.9. The van der Waals surface area contributed by atoms with Crippen LogP contribution in [0.15, 0.2) is 30.9 Å². The van der Waals surface area contributed by atoms with E-state index in [1.54, 1.807) is 11.0 Å². The lowest BCUT2D eigenvalue weighted by Gasteiger charge is -2.33. The van der Waals surface area contributed by atoms with Crippen molar-refractivity contribution < 1.29 is 9.59 Å². The van der Waals surface area contributed by atoms with Crippen LogP contribution < -0.4 is 4.90 Å². The lowest BCUT2D eigenvalue weighted by molar-refractivity contribution is -0.145. The predicted octanol–water partition coefficient (Wildman–Crippen LogP) is 1.66. The van der Waals surface area contributed by atoms with Gasteiger partial charge in [-0.1, -0.05) is 12.1 Å². The molecule has 1 aliphatic rings. The van der Waals surface area contributed by atoms with Crippen molar-refractivity contribution in [2.45, 2.75) is 13.8 Å². The van der Waals surface area contributed by atoms with E-state index in [0.29, 0.717) is 19.6 Å². The Balaban J connectivity index is 2.25. The molecule has 0 aromatic heterocycles. The zero-order chi connectivity index (χ0) is 14.0. The molecule has 1 aliphatic heterocycles. The summed E-state index contributed by atoms with van der Waals surface area (Å²) in [4.78, 5) is 27.2. The molecular formula is C15H18N2O2. The number of piperazine rings is 1. The first-order valence-electron chi connectivity index (χ1n) is 6.33. The molecule has 0 unspecified atom stereocenters. The quantitative estimate of drug-likeness (QED) is 0.611. The largest absolute Gasteiger partial charge is 0.329 e. The number of carbonyl (C=O) groups excluding carboxylic acids is 2. The Labute approximate surface area is 113 Å². The van der Waals surface area contributed by atoms with E-state index in [9.17, 15) is 9.59 Å². The lowest BCUT2D eigenvalue weighted by atomic mass is 10.1. The van der Waals surface area contributed by atoms with Crippen LogP contribution in [0.5, 0.6) is 0 Å². The number of anilines is 1. The smallest absolute Gasteiger partial charge is 0.316 e. The minimum atomic E-state index is -0.460. The zero-order valence-corrected chi connectivity index (χ0v) is 11.3. The Kier molecular flexibility index (Phi) is 3.69. The molecule has 1 heterocycles. The molecule has 0 aliphatic carbocycles. The van der Waals surface area contributed by atoms with Crippen molar-refractivity contribution >= 4 is 17.5 Å². The summed E-state index contributed by atoms with van der Waals surface area (Å²) in [5, 5.41) is 0. The van der Waals surface area contributed by atoms with Crippen molar-refractivity contribution in [1.82, 2.24) is 4.90 Å². The second-order valence-corrected chi connectivity index (χ2v) is 4.84.